The summed E-state index contributed by atoms with van der Waals surface area (Å²) in [5.74, 6) is 0.245. The summed E-state index contributed by atoms with van der Waals surface area (Å²) >= 11 is 0. The van der Waals surface area contributed by atoms with Gasteiger partial charge in [-0.15, -0.1) is 0 Å². The fourth-order valence-corrected chi connectivity index (χ4v) is 1.31. The van der Waals surface area contributed by atoms with E-state index in [-0.39, 0.29) is 12.5 Å². The topological polar surface area (TPSA) is 84.6 Å². The molecule has 0 heterocycles. The van der Waals surface area contributed by atoms with E-state index in [9.17, 15) is 9.90 Å². The molecule has 1 aromatic carbocycles. The Morgan fingerprint density at radius 3 is 2.76 bits per heavy atom. The summed E-state index contributed by atoms with van der Waals surface area (Å²) in [6.07, 6.45) is -0.659. The number of methoxy groups -OCH3 is 1. The molecule has 0 aliphatic carbocycles. The molecular weight excluding hydrogens is 220 g/mol. The fourth-order valence-electron chi connectivity index (χ4n) is 1.31. The fraction of sp³-hybridized carbons (Fsp3) is 0.417. The molecule has 0 saturated carbocycles. The van der Waals surface area contributed by atoms with Crippen LogP contribution in [0.1, 0.15) is 17.3 Å². The molecule has 2 unspecified atom stereocenters. The van der Waals surface area contributed by atoms with Crippen molar-refractivity contribution in [3.8, 4) is 5.75 Å². The van der Waals surface area contributed by atoms with Crippen molar-refractivity contribution in [3.63, 3.8) is 0 Å². The molecule has 1 amide bonds. The lowest BCUT2D eigenvalue weighted by Crippen LogP contribution is -2.43. The number of ether oxygens (including phenoxy) is 1. The highest BCUT2D eigenvalue weighted by atomic mass is 16.5. The quantitative estimate of drug-likeness (QED) is 0.681. The van der Waals surface area contributed by atoms with Crippen LogP contribution >= 0.6 is 0 Å². The Balaban J connectivity index is 2.64. The van der Waals surface area contributed by atoms with Gasteiger partial charge in [-0.1, -0.05) is 12.1 Å². The molecule has 0 aromatic heterocycles. The minimum atomic E-state index is -0.659. The van der Waals surface area contributed by atoms with Crippen molar-refractivity contribution in [2.75, 3.05) is 13.7 Å². The maximum atomic E-state index is 11.8. The van der Waals surface area contributed by atoms with Crippen LogP contribution in [0.2, 0.25) is 0 Å². The predicted octanol–water partition coefficient (Wildman–Crippen LogP) is 0.133. The SMILES string of the molecule is COc1ccccc1C(=O)NCC(N)C(C)O. The first-order valence-electron chi connectivity index (χ1n) is 5.41. The number of hydrogen-bond donors (Lipinski definition) is 3. The second-order valence-electron chi connectivity index (χ2n) is 3.81. The first-order valence-corrected chi connectivity index (χ1v) is 5.41. The first kappa shape index (κ1) is 13.5. The van der Waals surface area contributed by atoms with Gasteiger partial charge in [0.25, 0.3) is 5.91 Å². The van der Waals surface area contributed by atoms with Crippen LogP contribution in [0.15, 0.2) is 24.3 Å². The molecule has 1 rings (SSSR count). The second-order valence-corrected chi connectivity index (χ2v) is 3.81. The van der Waals surface area contributed by atoms with E-state index in [2.05, 4.69) is 5.32 Å². The standard InChI is InChI=1S/C12H18N2O3/c1-8(15)10(13)7-14-12(16)9-5-3-4-6-11(9)17-2/h3-6,8,10,15H,7,13H2,1-2H3,(H,14,16). The molecule has 1 aromatic rings. The summed E-state index contributed by atoms with van der Waals surface area (Å²) in [6.45, 7) is 1.80. The van der Waals surface area contributed by atoms with Crippen LogP contribution in [-0.2, 0) is 0 Å². The van der Waals surface area contributed by atoms with Gasteiger partial charge < -0.3 is 20.9 Å². The molecule has 0 saturated heterocycles. The van der Waals surface area contributed by atoms with Crippen molar-refractivity contribution in [1.29, 1.82) is 0 Å². The van der Waals surface area contributed by atoms with Crippen molar-refractivity contribution >= 4 is 5.91 Å². The third-order valence-electron chi connectivity index (χ3n) is 2.47. The zero-order valence-corrected chi connectivity index (χ0v) is 10.0. The van der Waals surface area contributed by atoms with Gasteiger partial charge in [-0.25, -0.2) is 0 Å². The number of aliphatic hydroxyl groups is 1. The third kappa shape index (κ3) is 3.72. The van der Waals surface area contributed by atoms with Crippen LogP contribution in [0.25, 0.3) is 0 Å². The van der Waals surface area contributed by atoms with Crippen molar-refractivity contribution in [2.24, 2.45) is 5.73 Å². The number of carbonyl (C=O) groups excluding carboxylic acids is 1. The highest BCUT2D eigenvalue weighted by molar-refractivity contribution is 5.96. The van der Waals surface area contributed by atoms with Gasteiger partial charge in [0.05, 0.1) is 18.8 Å². The smallest absolute Gasteiger partial charge is 0.255 e. The van der Waals surface area contributed by atoms with Crippen molar-refractivity contribution in [3.05, 3.63) is 29.8 Å². The van der Waals surface area contributed by atoms with E-state index < -0.39 is 12.1 Å². The maximum Gasteiger partial charge on any atom is 0.255 e. The normalized spacial score (nSPS) is 13.9. The lowest BCUT2D eigenvalue weighted by atomic mass is 10.1. The lowest BCUT2D eigenvalue weighted by Gasteiger charge is -2.15. The number of nitrogens with one attached hydrogen (secondary N) is 1. The molecule has 0 radical (unpaired) electrons. The zero-order valence-electron chi connectivity index (χ0n) is 10.0. The van der Waals surface area contributed by atoms with Crippen LogP contribution < -0.4 is 15.8 Å². The Hall–Kier alpha value is -1.59. The summed E-state index contributed by atoms with van der Waals surface area (Å²) in [5, 5.41) is 11.9. The number of aliphatic hydroxyl groups excluding tert-OH is 1. The van der Waals surface area contributed by atoms with Gasteiger partial charge in [-0.2, -0.15) is 0 Å². The number of amides is 1. The Bertz CT molecular complexity index is 380. The predicted molar refractivity (Wildman–Crippen MR) is 65.0 cm³/mol. The largest absolute Gasteiger partial charge is 0.496 e. The van der Waals surface area contributed by atoms with Gasteiger partial charge in [0.1, 0.15) is 5.75 Å². The lowest BCUT2D eigenvalue weighted by molar-refractivity contribution is 0.0934. The van der Waals surface area contributed by atoms with Gasteiger partial charge in [0, 0.05) is 12.6 Å². The van der Waals surface area contributed by atoms with E-state index >= 15 is 0 Å². The summed E-state index contributed by atoms with van der Waals surface area (Å²) in [6, 6.07) is 6.45. The summed E-state index contributed by atoms with van der Waals surface area (Å²) < 4.78 is 5.08. The molecule has 0 bridgehead atoms. The number of carbonyl (C=O) groups is 1. The van der Waals surface area contributed by atoms with E-state index in [1.165, 1.54) is 7.11 Å². The Morgan fingerprint density at radius 1 is 1.53 bits per heavy atom. The second kappa shape index (κ2) is 6.22. The van der Waals surface area contributed by atoms with Crippen LogP contribution in [0.5, 0.6) is 5.75 Å². The van der Waals surface area contributed by atoms with Crippen molar-refractivity contribution in [2.45, 2.75) is 19.1 Å². The molecule has 94 valence electrons. The van der Waals surface area contributed by atoms with Crippen molar-refractivity contribution in [1.82, 2.24) is 5.32 Å². The zero-order chi connectivity index (χ0) is 12.8. The van der Waals surface area contributed by atoms with E-state index in [0.717, 1.165) is 0 Å². The van der Waals surface area contributed by atoms with Gasteiger partial charge >= 0.3 is 0 Å². The number of benzene rings is 1. The molecule has 0 aliphatic heterocycles. The van der Waals surface area contributed by atoms with Gasteiger partial charge in [0.15, 0.2) is 0 Å². The van der Waals surface area contributed by atoms with Crippen LogP contribution in [0, 0.1) is 0 Å². The average molecular weight is 238 g/mol. The molecule has 0 aliphatic rings. The number of nitrogens with two attached hydrogens (primary N) is 1. The van der Waals surface area contributed by atoms with Crippen molar-refractivity contribution < 1.29 is 14.6 Å². The number of rotatable bonds is 5. The maximum absolute atomic E-state index is 11.8. The Labute approximate surface area is 101 Å². The minimum Gasteiger partial charge on any atom is -0.496 e. The van der Waals surface area contributed by atoms with Crippen LogP contribution in [-0.4, -0.2) is 36.8 Å². The van der Waals surface area contributed by atoms with E-state index in [1.54, 1.807) is 31.2 Å². The van der Waals surface area contributed by atoms with Crippen LogP contribution in [0.3, 0.4) is 0 Å². The van der Waals surface area contributed by atoms with E-state index in [1.807, 2.05) is 0 Å². The van der Waals surface area contributed by atoms with Crippen LogP contribution in [0.4, 0.5) is 0 Å². The highest BCUT2D eigenvalue weighted by Gasteiger charge is 2.14. The summed E-state index contributed by atoms with van der Waals surface area (Å²) in [7, 11) is 1.51. The molecular formula is C12H18N2O3. The Kier molecular flexibility index (Phi) is 4.93. The highest BCUT2D eigenvalue weighted by Crippen LogP contribution is 2.16. The minimum absolute atomic E-state index is 0.217. The molecule has 5 heteroatoms. The van der Waals surface area contributed by atoms with Gasteiger partial charge in [-0.05, 0) is 19.1 Å². The van der Waals surface area contributed by atoms with E-state index in [0.29, 0.717) is 11.3 Å². The van der Waals surface area contributed by atoms with Gasteiger partial charge in [0.2, 0.25) is 0 Å². The average Bonchev–Trinajstić information content (AvgIpc) is 2.35. The summed E-state index contributed by atoms with van der Waals surface area (Å²) in [5.41, 5.74) is 6.07. The molecule has 0 spiro atoms. The van der Waals surface area contributed by atoms with Gasteiger partial charge in [-0.3, -0.25) is 4.79 Å². The molecule has 17 heavy (non-hydrogen) atoms. The number of para-hydroxylation sites is 1. The summed E-state index contributed by atoms with van der Waals surface area (Å²) in [4.78, 5) is 11.8. The third-order valence-corrected chi connectivity index (χ3v) is 2.47. The molecule has 5 nitrogen and oxygen atoms in total. The first-order chi connectivity index (χ1) is 8.06. The van der Waals surface area contributed by atoms with E-state index in [4.69, 9.17) is 10.5 Å². The Morgan fingerprint density at radius 2 is 2.18 bits per heavy atom. The monoisotopic (exact) mass is 238 g/mol. The molecule has 4 N–H and O–H groups in total. The molecule has 0 fully saturated rings. The molecule has 2 atom stereocenters. The number of hydrogen-bond acceptors (Lipinski definition) is 4.